The largest absolute Gasteiger partial charge is 0.352 e. The lowest BCUT2D eigenvalue weighted by Crippen LogP contribution is -2.56. The van der Waals surface area contributed by atoms with Crippen LogP contribution in [0.2, 0.25) is 0 Å². The number of nitrogens with one attached hydrogen (secondary N) is 1. The highest BCUT2D eigenvalue weighted by Crippen LogP contribution is 2.61. The topological polar surface area (TPSA) is 72.7 Å². The predicted molar refractivity (Wildman–Crippen MR) is 113 cm³/mol. The van der Waals surface area contributed by atoms with E-state index in [9.17, 15) is 4.79 Å². The molecule has 6 nitrogen and oxygen atoms in total. The number of aromatic nitrogens is 4. The molecule has 1 atom stereocenters. The second-order valence-corrected chi connectivity index (χ2v) is 10.5. The fraction of sp³-hybridized carbons (Fsp3) is 0.636. The van der Waals surface area contributed by atoms with Crippen molar-refractivity contribution in [3.05, 3.63) is 29.8 Å². The minimum absolute atomic E-state index is 0.0803. The van der Waals surface area contributed by atoms with Gasteiger partial charge in [-0.25, -0.2) is 0 Å². The van der Waals surface area contributed by atoms with Crippen molar-refractivity contribution in [2.24, 2.45) is 23.2 Å². The molecular formula is C22H29N5OS. The van der Waals surface area contributed by atoms with Crippen molar-refractivity contribution in [3.63, 3.8) is 0 Å². The molecule has 4 fully saturated rings. The monoisotopic (exact) mass is 411 g/mol. The van der Waals surface area contributed by atoms with E-state index in [0.29, 0.717) is 16.3 Å². The van der Waals surface area contributed by atoms with Crippen LogP contribution in [0.5, 0.6) is 0 Å². The maximum Gasteiger partial charge on any atom is 0.230 e. The minimum Gasteiger partial charge on any atom is -0.352 e. The zero-order valence-corrected chi connectivity index (χ0v) is 18.0. The van der Waals surface area contributed by atoms with Crippen LogP contribution >= 0.6 is 11.8 Å². The molecule has 1 heterocycles. The van der Waals surface area contributed by atoms with Crippen LogP contribution in [0.3, 0.4) is 0 Å². The highest BCUT2D eigenvalue weighted by atomic mass is 32.2. The van der Waals surface area contributed by atoms with Crippen LogP contribution < -0.4 is 5.32 Å². The van der Waals surface area contributed by atoms with Crippen molar-refractivity contribution in [1.29, 1.82) is 0 Å². The molecule has 0 unspecified atom stereocenters. The minimum atomic E-state index is 0.0803. The van der Waals surface area contributed by atoms with Gasteiger partial charge in [-0.1, -0.05) is 29.5 Å². The first-order valence-electron chi connectivity index (χ1n) is 10.8. The van der Waals surface area contributed by atoms with Gasteiger partial charge in [0.2, 0.25) is 11.1 Å². The van der Waals surface area contributed by atoms with Gasteiger partial charge in [-0.15, -0.1) is 5.10 Å². The Labute approximate surface area is 176 Å². The summed E-state index contributed by atoms with van der Waals surface area (Å²) in [6, 6.07) is 8.30. The number of nitrogens with zero attached hydrogens (tertiary/aromatic N) is 4. The van der Waals surface area contributed by atoms with E-state index in [2.05, 4.69) is 27.8 Å². The molecule has 1 amide bonds. The van der Waals surface area contributed by atoms with Gasteiger partial charge in [0.05, 0.1) is 11.4 Å². The summed E-state index contributed by atoms with van der Waals surface area (Å²) in [5.41, 5.74) is 2.43. The van der Waals surface area contributed by atoms with E-state index in [4.69, 9.17) is 0 Å². The summed E-state index contributed by atoms with van der Waals surface area (Å²) in [6.45, 7) is 4.28. The molecule has 1 aromatic heterocycles. The summed E-state index contributed by atoms with van der Waals surface area (Å²) in [7, 11) is 0. The Hall–Kier alpha value is -1.89. The maximum atomic E-state index is 12.7. The second kappa shape index (κ2) is 7.42. The molecule has 0 radical (unpaired) electrons. The zero-order chi connectivity index (χ0) is 20.0. The number of thioether (sulfide) groups is 1. The highest BCUT2D eigenvalue weighted by Gasteiger charge is 2.53. The first-order valence-corrected chi connectivity index (χ1v) is 11.8. The summed E-state index contributed by atoms with van der Waals surface area (Å²) < 4.78 is 1.69. The van der Waals surface area contributed by atoms with Gasteiger partial charge >= 0.3 is 0 Å². The van der Waals surface area contributed by atoms with E-state index in [1.165, 1.54) is 55.9 Å². The Morgan fingerprint density at radius 2 is 1.79 bits per heavy atom. The first-order chi connectivity index (χ1) is 14.0. The first kappa shape index (κ1) is 19.1. The van der Waals surface area contributed by atoms with Crippen LogP contribution in [0.4, 0.5) is 0 Å². The van der Waals surface area contributed by atoms with Crippen molar-refractivity contribution in [2.75, 3.05) is 5.75 Å². The molecule has 4 saturated carbocycles. The van der Waals surface area contributed by atoms with Crippen LogP contribution in [0.25, 0.3) is 5.69 Å². The van der Waals surface area contributed by atoms with Crippen LogP contribution in [0, 0.1) is 30.1 Å². The number of benzene rings is 1. The van der Waals surface area contributed by atoms with Gasteiger partial charge in [0.15, 0.2) is 0 Å². The maximum absolute atomic E-state index is 12.7. The average molecular weight is 412 g/mol. The van der Waals surface area contributed by atoms with E-state index < -0.39 is 0 Å². The third kappa shape index (κ3) is 3.69. The average Bonchev–Trinajstić information content (AvgIpc) is 3.14. The molecule has 7 heteroatoms. The third-order valence-electron chi connectivity index (χ3n) is 7.43. The van der Waals surface area contributed by atoms with Crippen LogP contribution in [0.1, 0.15) is 51.0 Å². The molecular weight excluding hydrogens is 382 g/mol. The van der Waals surface area contributed by atoms with E-state index in [0.717, 1.165) is 23.4 Å². The van der Waals surface area contributed by atoms with Crippen molar-refractivity contribution < 1.29 is 4.79 Å². The summed E-state index contributed by atoms with van der Waals surface area (Å²) >= 11 is 1.39. The summed E-state index contributed by atoms with van der Waals surface area (Å²) in [5.74, 6) is 3.11. The quantitative estimate of drug-likeness (QED) is 0.732. The molecule has 154 valence electrons. The highest BCUT2D eigenvalue weighted by molar-refractivity contribution is 7.99. The van der Waals surface area contributed by atoms with E-state index >= 15 is 0 Å². The Kier molecular flexibility index (Phi) is 4.88. The number of aryl methyl sites for hydroxylation is 1. The molecule has 4 aliphatic carbocycles. The van der Waals surface area contributed by atoms with E-state index in [-0.39, 0.29) is 11.9 Å². The number of rotatable bonds is 6. The molecule has 4 aliphatic rings. The SMILES string of the molecule is Cc1ccc(-n2nnnc2SCC(=O)N[C@@H](C)C23CC4CC(CC(C4)C2)C3)cc1. The molecule has 29 heavy (non-hydrogen) atoms. The van der Waals surface area contributed by atoms with Crippen molar-refractivity contribution in [3.8, 4) is 5.69 Å². The lowest BCUT2D eigenvalue weighted by atomic mass is 9.48. The standard InChI is InChI=1S/C22H29N5OS/c1-14-3-5-19(6-4-14)27-21(24-25-26-27)29-13-20(28)23-15(2)22-10-16-7-17(11-22)9-18(8-16)12-22/h3-6,15-18H,7-13H2,1-2H3,(H,23,28)/t15-,16?,17?,18?,22?/m0/s1. The molecule has 1 aromatic carbocycles. The van der Waals surface area contributed by atoms with Crippen molar-refractivity contribution >= 4 is 17.7 Å². The van der Waals surface area contributed by atoms with Crippen molar-refractivity contribution in [2.45, 2.75) is 63.6 Å². The number of tetrazole rings is 1. The normalized spacial score (nSPS) is 31.0. The van der Waals surface area contributed by atoms with E-state index in [1.54, 1.807) is 4.68 Å². The summed E-state index contributed by atoms with van der Waals surface area (Å²) in [6.07, 6.45) is 8.20. The van der Waals surface area contributed by atoms with Gasteiger partial charge in [0.1, 0.15) is 0 Å². The van der Waals surface area contributed by atoms with Crippen LogP contribution in [-0.4, -0.2) is 37.9 Å². The fourth-order valence-corrected chi connectivity index (χ4v) is 7.09. The van der Waals surface area contributed by atoms with E-state index in [1.807, 2.05) is 31.2 Å². The molecule has 1 N–H and O–H groups in total. The van der Waals surface area contributed by atoms with Gasteiger partial charge in [-0.3, -0.25) is 4.79 Å². The third-order valence-corrected chi connectivity index (χ3v) is 8.35. The number of carbonyl (C=O) groups is 1. The Morgan fingerprint density at radius 3 is 2.41 bits per heavy atom. The number of carbonyl (C=O) groups excluding carboxylic acids is 1. The number of amides is 1. The lowest BCUT2D eigenvalue weighted by molar-refractivity contribution is -0.123. The Bertz CT molecular complexity index is 858. The van der Waals surface area contributed by atoms with Crippen LogP contribution in [-0.2, 0) is 4.79 Å². The molecule has 0 saturated heterocycles. The molecule has 0 spiro atoms. The Balaban J connectivity index is 1.20. The number of hydrogen-bond acceptors (Lipinski definition) is 5. The predicted octanol–water partition coefficient (Wildman–Crippen LogP) is 3.78. The number of hydrogen-bond donors (Lipinski definition) is 1. The van der Waals surface area contributed by atoms with Crippen LogP contribution in [0.15, 0.2) is 29.4 Å². The van der Waals surface area contributed by atoms with Gasteiger partial charge in [0, 0.05) is 6.04 Å². The second-order valence-electron chi connectivity index (χ2n) is 9.57. The Morgan fingerprint density at radius 1 is 1.17 bits per heavy atom. The fourth-order valence-electron chi connectivity index (χ4n) is 6.39. The molecule has 6 rings (SSSR count). The van der Waals surface area contributed by atoms with Gasteiger partial charge in [0.25, 0.3) is 0 Å². The van der Waals surface area contributed by atoms with Gasteiger partial charge in [-0.05, 0) is 98.1 Å². The summed E-state index contributed by atoms with van der Waals surface area (Å²) in [4.78, 5) is 12.7. The lowest BCUT2D eigenvalue weighted by Gasteiger charge is -2.59. The van der Waals surface area contributed by atoms with Gasteiger partial charge in [-0.2, -0.15) is 4.68 Å². The van der Waals surface area contributed by atoms with Crippen molar-refractivity contribution in [1.82, 2.24) is 25.5 Å². The summed E-state index contributed by atoms with van der Waals surface area (Å²) in [5, 5.41) is 16.0. The van der Waals surface area contributed by atoms with Gasteiger partial charge < -0.3 is 5.32 Å². The smallest absolute Gasteiger partial charge is 0.230 e. The molecule has 0 aliphatic heterocycles. The zero-order valence-electron chi connectivity index (χ0n) is 17.2. The molecule has 4 bridgehead atoms. The molecule has 2 aromatic rings.